The van der Waals surface area contributed by atoms with Crippen molar-refractivity contribution in [3.63, 3.8) is 0 Å². The molecule has 0 fully saturated rings. The average molecular weight is 314 g/mol. The highest BCUT2D eigenvalue weighted by Gasteiger charge is 2.28. The Hall–Kier alpha value is -1.83. The predicted octanol–water partition coefficient (Wildman–Crippen LogP) is 3.46. The molecule has 0 bridgehead atoms. The summed E-state index contributed by atoms with van der Waals surface area (Å²) in [6.45, 7) is 0. The largest absolute Gasteiger partial charge is 0.478 e. The second-order valence-corrected chi connectivity index (χ2v) is 4.19. The van der Waals surface area contributed by atoms with Crippen LogP contribution in [0, 0.1) is 5.82 Å². The first-order valence-electron chi connectivity index (χ1n) is 5.19. The van der Waals surface area contributed by atoms with Gasteiger partial charge in [0, 0.05) is 6.42 Å². The molecule has 1 rings (SSSR count). The third-order valence-electron chi connectivity index (χ3n) is 2.20. The second kappa shape index (κ2) is 6.08. The zero-order valence-electron chi connectivity index (χ0n) is 9.72. The number of carbonyl (C=O) groups excluding carboxylic acids is 1. The summed E-state index contributed by atoms with van der Waals surface area (Å²) in [6.07, 6.45) is -6.78. The smallest absolute Gasteiger partial charge is 0.389 e. The van der Waals surface area contributed by atoms with Gasteiger partial charge in [0.2, 0.25) is 5.91 Å². The molecule has 0 aromatic heterocycles. The van der Waals surface area contributed by atoms with E-state index in [1.54, 1.807) is 0 Å². The van der Waals surface area contributed by atoms with E-state index in [1.165, 1.54) is 0 Å². The van der Waals surface area contributed by atoms with Crippen molar-refractivity contribution in [2.75, 3.05) is 5.32 Å². The molecule has 0 unspecified atom stereocenters. The van der Waals surface area contributed by atoms with Crippen molar-refractivity contribution >= 4 is 29.2 Å². The lowest BCUT2D eigenvalue weighted by atomic mass is 10.1. The van der Waals surface area contributed by atoms with Gasteiger partial charge >= 0.3 is 12.1 Å². The molecule has 0 spiro atoms. The third-order valence-corrected chi connectivity index (χ3v) is 2.49. The maximum absolute atomic E-state index is 13.2. The van der Waals surface area contributed by atoms with Crippen molar-refractivity contribution in [1.29, 1.82) is 0 Å². The summed E-state index contributed by atoms with van der Waals surface area (Å²) < 4.78 is 49.0. The van der Waals surface area contributed by atoms with Crippen LogP contribution in [-0.2, 0) is 4.79 Å². The summed E-state index contributed by atoms with van der Waals surface area (Å²) in [7, 11) is 0. The molecule has 0 atom stereocenters. The minimum Gasteiger partial charge on any atom is -0.478 e. The molecule has 2 N–H and O–H groups in total. The van der Waals surface area contributed by atoms with Crippen molar-refractivity contribution in [3.8, 4) is 0 Å². The summed E-state index contributed by atoms with van der Waals surface area (Å²) in [4.78, 5) is 22.1. The number of carboxylic acids is 1. The van der Waals surface area contributed by atoms with Crippen LogP contribution in [0.2, 0.25) is 5.02 Å². The molecule has 4 nitrogen and oxygen atoms in total. The van der Waals surface area contributed by atoms with Crippen LogP contribution in [0.1, 0.15) is 23.2 Å². The van der Waals surface area contributed by atoms with E-state index in [0.717, 1.165) is 6.07 Å². The molecule has 0 aliphatic heterocycles. The number of rotatable bonds is 4. The SMILES string of the molecule is O=C(CCC(F)(F)F)Nc1cc(F)c(Cl)cc1C(=O)O. The van der Waals surface area contributed by atoms with Crippen LogP contribution in [0.5, 0.6) is 0 Å². The molecule has 0 aliphatic carbocycles. The maximum Gasteiger partial charge on any atom is 0.389 e. The molecule has 1 amide bonds. The lowest BCUT2D eigenvalue weighted by molar-refractivity contribution is -0.142. The molecule has 1 aromatic carbocycles. The first-order valence-corrected chi connectivity index (χ1v) is 5.57. The van der Waals surface area contributed by atoms with E-state index in [4.69, 9.17) is 16.7 Å². The van der Waals surface area contributed by atoms with Crippen molar-refractivity contribution in [3.05, 3.63) is 28.5 Å². The molecule has 0 heterocycles. The molecule has 0 radical (unpaired) electrons. The van der Waals surface area contributed by atoms with Crippen LogP contribution < -0.4 is 5.32 Å². The summed E-state index contributed by atoms with van der Waals surface area (Å²) in [5.41, 5.74) is -0.969. The summed E-state index contributed by atoms with van der Waals surface area (Å²) in [5, 5.41) is 10.3. The monoisotopic (exact) mass is 313 g/mol. The van der Waals surface area contributed by atoms with Crippen molar-refractivity contribution in [2.24, 2.45) is 0 Å². The molecule has 0 aliphatic rings. The van der Waals surface area contributed by atoms with Crippen LogP contribution in [0.3, 0.4) is 0 Å². The van der Waals surface area contributed by atoms with Crippen LogP contribution in [0.25, 0.3) is 0 Å². The van der Waals surface area contributed by atoms with Gasteiger partial charge < -0.3 is 10.4 Å². The van der Waals surface area contributed by atoms with Crippen LogP contribution in [0.4, 0.5) is 23.2 Å². The molecular weight excluding hydrogens is 306 g/mol. The van der Waals surface area contributed by atoms with E-state index >= 15 is 0 Å². The van der Waals surface area contributed by atoms with Gasteiger partial charge in [0.15, 0.2) is 0 Å². The standard InChI is InChI=1S/C11H8ClF4NO3/c12-6-3-5(10(19)20)8(4-7(6)13)17-9(18)1-2-11(14,15)16/h3-4H,1-2H2,(H,17,18)(H,19,20). The predicted molar refractivity (Wildman–Crippen MR) is 62.3 cm³/mol. The quantitative estimate of drug-likeness (QED) is 0.837. The Bertz CT molecular complexity index is 545. The average Bonchev–Trinajstić information content (AvgIpc) is 2.29. The number of carbonyl (C=O) groups is 2. The fourth-order valence-electron chi connectivity index (χ4n) is 1.30. The van der Waals surface area contributed by atoms with Crippen molar-refractivity contribution in [1.82, 2.24) is 0 Å². The molecule has 0 saturated carbocycles. The highest BCUT2D eigenvalue weighted by atomic mass is 35.5. The number of halogens is 5. The first kappa shape index (κ1) is 16.2. The van der Waals surface area contributed by atoms with Gasteiger partial charge in [0.1, 0.15) is 5.82 Å². The lowest BCUT2D eigenvalue weighted by Crippen LogP contribution is -2.18. The van der Waals surface area contributed by atoms with E-state index in [9.17, 15) is 27.2 Å². The van der Waals surface area contributed by atoms with E-state index < -0.39 is 53.0 Å². The fourth-order valence-corrected chi connectivity index (χ4v) is 1.46. The molecule has 20 heavy (non-hydrogen) atoms. The maximum atomic E-state index is 13.2. The molecule has 0 saturated heterocycles. The van der Waals surface area contributed by atoms with Gasteiger partial charge in [0.05, 0.1) is 22.7 Å². The van der Waals surface area contributed by atoms with Gasteiger partial charge in [0.25, 0.3) is 0 Å². The summed E-state index contributed by atoms with van der Waals surface area (Å²) >= 11 is 5.39. The Labute approximate surface area is 115 Å². The Morgan fingerprint density at radius 2 is 1.90 bits per heavy atom. The highest BCUT2D eigenvalue weighted by Crippen LogP contribution is 2.26. The van der Waals surface area contributed by atoms with Gasteiger partial charge in [-0.15, -0.1) is 0 Å². The molecule has 9 heteroatoms. The van der Waals surface area contributed by atoms with Gasteiger partial charge in [-0.05, 0) is 12.1 Å². The van der Waals surface area contributed by atoms with E-state index in [2.05, 4.69) is 0 Å². The minimum atomic E-state index is -4.52. The first-order chi connectivity index (χ1) is 9.10. The summed E-state index contributed by atoms with van der Waals surface area (Å²) in [6, 6.07) is 1.40. The van der Waals surface area contributed by atoms with Crippen LogP contribution in [-0.4, -0.2) is 23.2 Å². The number of alkyl halides is 3. The van der Waals surface area contributed by atoms with Gasteiger partial charge in [-0.2, -0.15) is 13.2 Å². The fraction of sp³-hybridized carbons (Fsp3) is 0.273. The third kappa shape index (κ3) is 4.69. The van der Waals surface area contributed by atoms with Gasteiger partial charge in [-0.25, -0.2) is 9.18 Å². The number of benzene rings is 1. The molecular formula is C11H8ClF4NO3. The van der Waals surface area contributed by atoms with Crippen LogP contribution in [0.15, 0.2) is 12.1 Å². The number of carboxylic acid groups (broad SMARTS) is 1. The number of anilines is 1. The molecule has 1 aromatic rings. The summed E-state index contributed by atoms with van der Waals surface area (Å²) in [5.74, 6) is -3.58. The Morgan fingerprint density at radius 1 is 1.30 bits per heavy atom. The lowest BCUT2D eigenvalue weighted by Gasteiger charge is -2.10. The Kier molecular flexibility index (Phi) is 4.93. The van der Waals surface area contributed by atoms with Crippen molar-refractivity contribution < 1.29 is 32.3 Å². The normalized spacial score (nSPS) is 11.2. The van der Waals surface area contributed by atoms with Crippen LogP contribution >= 0.6 is 11.6 Å². The number of amides is 1. The highest BCUT2D eigenvalue weighted by molar-refractivity contribution is 6.31. The number of aromatic carboxylic acids is 1. The van der Waals surface area contributed by atoms with E-state index in [-0.39, 0.29) is 0 Å². The zero-order chi connectivity index (χ0) is 15.5. The zero-order valence-corrected chi connectivity index (χ0v) is 10.5. The Morgan fingerprint density at radius 3 is 2.40 bits per heavy atom. The van der Waals surface area contributed by atoms with E-state index in [0.29, 0.717) is 6.07 Å². The second-order valence-electron chi connectivity index (χ2n) is 3.78. The van der Waals surface area contributed by atoms with Gasteiger partial charge in [-0.1, -0.05) is 11.6 Å². The topological polar surface area (TPSA) is 66.4 Å². The van der Waals surface area contributed by atoms with Gasteiger partial charge in [-0.3, -0.25) is 4.79 Å². The minimum absolute atomic E-state index is 0.452. The Balaban J connectivity index is 2.89. The van der Waals surface area contributed by atoms with E-state index in [1.807, 2.05) is 5.32 Å². The number of hydrogen-bond donors (Lipinski definition) is 2. The number of nitrogens with one attached hydrogen (secondary N) is 1. The molecule has 110 valence electrons. The van der Waals surface area contributed by atoms with Crippen molar-refractivity contribution in [2.45, 2.75) is 19.0 Å². The number of hydrogen-bond acceptors (Lipinski definition) is 2.